The highest BCUT2D eigenvalue weighted by molar-refractivity contribution is 7.92. The fourth-order valence-electron chi connectivity index (χ4n) is 2.01. The van der Waals surface area contributed by atoms with Crippen molar-refractivity contribution >= 4 is 27.3 Å². The summed E-state index contributed by atoms with van der Waals surface area (Å²) in [5, 5.41) is 12.2. The van der Waals surface area contributed by atoms with Gasteiger partial charge in [-0.05, 0) is 31.2 Å². The molecule has 0 aliphatic heterocycles. The molecule has 0 spiro atoms. The second-order valence-corrected chi connectivity index (χ2v) is 6.96. The number of halogens is 1. The molecule has 0 aliphatic carbocycles. The van der Waals surface area contributed by atoms with Crippen LogP contribution in [0.4, 0.5) is 5.69 Å². The summed E-state index contributed by atoms with van der Waals surface area (Å²) in [6.45, 7) is 1.76. The van der Waals surface area contributed by atoms with Gasteiger partial charge in [0.2, 0.25) is 0 Å². The number of sulfonamides is 1. The Morgan fingerprint density at radius 3 is 2.35 bits per heavy atom. The Kier molecular flexibility index (Phi) is 3.82. The Balaban J connectivity index is 2.04. The Hall–Kier alpha value is -2.39. The van der Waals surface area contributed by atoms with Crippen LogP contribution in [-0.2, 0) is 17.1 Å². The molecular weight excluding hydrogens is 340 g/mol. The van der Waals surface area contributed by atoms with E-state index < -0.39 is 10.0 Å². The number of anilines is 1. The van der Waals surface area contributed by atoms with Crippen molar-refractivity contribution < 1.29 is 8.42 Å². The van der Waals surface area contributed by atoms with Crippen molar-refractivity contribution in [2.24, 2.45) is 7.05 Å². The SMILES string of the molecule is Cc1c(NS(=O)(=O)c2ccc(Cl)cc2)c(-n2cnnc2)nn1C. The van der Waals surface area contributed by atoms with Crippen molar-refractivity contribution in [3.8, 4) is 5.82 Å². The molecule has 3 rings (SSSR count). The molecule has 10 heteroatoms. The Labute approximate surface area is 137 Å². The van der Waals surface area contributed by atoms with E-state index in [1.54, 1.807) is 18.7 Å². The quantitative estimate of drug-likeness (QED) is 0.772. The van der Waals surface area contributed by atoms with E-state index in [9.17, 15) is 8.42 Å². The van der Waals surface area contributed by atoms with Gasteiger partial charge in [-0.25, -0.2) is 8.42 Å². The lowest BCUT2D eigenvalue weighted by molar-refractivity contribution is 0.601. The lowest BCUT2D eigenvalue weighted by Gasteiger charge is -2.09. The maximum absolute atomic E-state index is 12.6. The molecule has 0 radical (unpaired) electrons. The first-order chi connectivity index (χ1) is 10.9. The molecule has 2 aromatic heterocycles. The molecule has 0 bridgehead atoms. The largest absolute Gasteiger partial charge is 0.274 e. The number of hydrogen-bond donors (Lipinski definition) is 1. The first kappa shape index (κ1) is 15.5. The molecule has 0 atom stereocenters. The van der Waals surface area contributed by atoms with Gasteiger partial charge >= 0.3 is 0 Å². The number of benzene rings is 1. The summed E-state index contributed by atoms with van der Waals surface area (Å²) in [7, 11) is -2.04. The number of rotatable bonds is 4. The normalized spacial score (nSPS) is 11.6. The minimum absolute atomic E-state index is 0.111. The summed E-state index contributed by atoms with van der Waals surface area (Å²) in [6.07, 6.45) is 2.89. The second kappa shape index (κ2) is 5.67. The molecule has 120 valence electrons. The molecule has 8 nitrogen and oxygen atoms in total. The number of aromatic nitrogens is 5. The minimum Gasteiger partial charge on any atom is -0.274 e. The highest BCUT2D eigenvalue weighted by Gasteiger charge is 2.22. The average Bonchev–Trinajstić information content (AvgIpc) is 3.12. The predicted molar refractivity (Wildman–Crippen MR) is 85.1 cm³/mol. The highest BCUT2D eigenvalue weighted by atomic mass is 35.5. The fraction of sp³-hybridized carbons (Fsp3) is 0.154. The molecule has 0 saturated heterocycles. The third kappa shape index (κ3) is 2.92. The van der Waals surface area contributed by atoms with Crippen molar-refractivity contribution in [3.63, 3.8) is 0 Å². The Bertz CT molecular complexity index is 932. The summed E-state index contributed by atoms with van der Waals surface area (Å²) in [5.41, 5.74) is 1.02. The van der Waals surface area contributed by atoms with Gasteiger partial charge in [0.15, 0.2) is 5.82 Å². The molecule has 3 aromatic rings. The van der Waals surface area contributed by atoms with Gasteiger partial charge in [-0.2, -0.15) is 5.10 Å². The van der Waals surface area contributed by atoms with Crippen LogP contribution in [-0.4, -0.2) is 33.0 Å². The number of aryl methyl sites for hydroxylation is 1. The standard InChI is InChI=1S/C13H13ClN6O2S/c1-9-12(13(17-19(9)2)20-7-15-16-8-20)18-23(21,22)11-5-3-10(14)4-6-11/h3-8,18H,1-2H3. The monoisotopic (exact) mass is 352 g/mol. The van der Waals surface area contributed by atoms with Crippen LogP contribution < -0.4 is 4.72 Å². The molecule has 23 heavy (non-hydrogen) atoms. The van der Waals surface area contributed by atoms with Gasteiger partial charge < -0.3 is 0 Å². The van der Waals surface area contributed by atoms with Crippen molar-refractivity contribution in [1.29, 1.82) is 0 Å². The maximum atomic E-state index is 12.6. The Morgan fingerprint density at radius 1 is 1.13 bits per heavy atom. The molecule has 2 heterocycles. The van der Waals surface area contributed by atoms with Gasteiger partial charge in [0.25, 0.3) is 10.0 Å². The molecule has 1 N–H and O–H groups in total. The molecule has 0 unspecified atom stereocenters. The van der Waals surface area contributed by atoms with Crippen molar-refractivity contribution in [3.05, 3.63) is 47.6 Å². The van der Waals surface area contributed by atoms with Crippen molar-refractivity contribution in [2.45, 2.75) is 11.8 Å². The van der Waals surface area contributed by atoms with E-state index in [0.717, 1.165) is 0 Å². The predicted octanol–water partition coefficient (Wildman–Crippen LogP) is 1.76. The molecule has 0 amide bonds. The molecular formula is C13H13ClN6O2S. The van der Waals surface area contributed by atoms with Gasteiger partial charge in [0.1, 0.15) is 18.3 Å². The Morgan fingerprint density at radius 2 is 1.74 bits per heavy atom. The van der Waals surface area contributed by atoms with Crippen LogP contribution in [0.3, 0.4) is 0 Å². The van der Waals surface area contributed by atoms with E-state index in [1.165, 1.54) is 41.5 Å². The van der Waals surface area contributed by atoms with Crippen LogP contribution in [0.15, 0.2) is 41.8 Å². The lowest BCUT2D eigenvalue weighted by atomic mass is 10.4. The second-order valence-electron chi connectivity index (χ2n) is 4.84. The van der Waals surface area contributed by atoms with Crippen LogP contribution in [0, 0.1) is 6.92 Å². The van der Waals surface area contributed by atoms with Gasteiger partial charge in [-0.1, -0.05) is 11.6 Å². The summed E-state index contributed by atoms with van der Waals surface area (Å²) < 4.78 is 30.8. The molecule has 0 saturated carbocycles. The van der Waals surface area contributed by atoms with Gasteiger partial charge in [-0.3, -0.25) is 14.0 Å². The summed E-state index contributed by atoms with van der Waals surface area (Å²) in [5.74, 6) is 0.396. The van der Waals surface area contributed by atoms with E-state index in [-0.39, 0.29) is 4.90 Å². The third-order valence-corrected chi connectivity index (χ3v) is 4.96. The van der Waals surface area contributed by atoms with Crippen LogP contribution >= 0.6 is 11.6 Å². The van der Waals surface area contributed by atoms with Gasteiger partial charge in [0, 0.05) is 12.1 Å². The molecule has 1 aromatic carbocycles. The van der Waals surface area contributed by atoms with Gasteiger partial charge in [-0.15, -0.1) is 10.2 Å². The van der Waals surface area contributed by atoms with Gasteiger partial charge in [0.05, 0.1) is 10.6 Å². The van der Waals surface area contributed by atoms with Crippen molar-refractivity contribution in [1.82, 2.24) is 24.5 Å². The summed E-state index contributed by atoms with van der Waals surface area (Å²) in [6, 6.07) is 5.92. The fourth-order valence-corrected chi connectivity index (χ4v) is 3.25. The summed E-state index contributed by atoms with van der Waals surface area (Å²) >= 11 is 5.80. The number of hydrogen-bond acceptors (Lipinski definition) is 5. The number of nitrogens with zero attached hydrogens (tertiary/aromatic N) is 5. The van der Waals surface area contributed by atoms with E-state index in [4.69, 9.17) is 11.6 Å². The first-order valence-electron chi connectivity index (χ1n) is 6.55. The highest BCUT2D eigenvalue weighted by Crippen LogP contribution is 2.26. The van der Waals surface area contributed by atoms with Crippen molar-refractivity contribution in [2.75, 3.05) is 4.72 Å². The van der Waals surface area contributed by atoms with Crippen LogP contribution in [0.5, 0.6) is 0 Å². The zero-order valence-electron chi connectivity index (χ0n) is 12.3. The summed E-state index contributed by atoms with van der Waals surface area (Å²) in [4.78, 5) is 0.111. The van der Waals surface area contributed by atoms with E-state index in [1.807, 2.05) is 0 Å². The lowest BCUT2D eigenvalue weighted by Crippen LogP contribution is -2.14. The zero-order chi connectivity index (χ0) is 16.6. The van der Waals surface area contributed by atoms with E-state index in [2.05, 4.69) is 20.0 Å². The topological polar surface area (TPSA) is 94.7 Å². The smallest absolute Gasteiger partial charge is 0.262 e. The zero-order valence-corrected chi connectivity index (χ0v) is 13.9. The molecule has 0 fully saturated rings. The van der Waals surface area contributed by atoms with E-state index >= 15 is 0 Å². The van der Waals surface area contributed by atoms with E-state index in [0.29, 0.717) is 22.2 Å². The first-order valence-corrected chi connectivity index (χ1v) is 8.41. The maximum Gasteiger partial charge on any atom is 0.262 e. The number of nitrogens with one attached hydrogen (secondary N) is 1. The minimum atomic E-state index is -3.77. The van der Waals surface area contributed by atoms with Crippen LogP contribution in [0.1, 0.15) is 5.69 Å². The molecule has 0 aliphatic rings. The third-order valence-electron chi connectivity index (χ3n) is 3.34. The van der Waals surface area contributed by atoms with Crippen LogP contribution in [0.2, 0.25) is 5.02 Å². The van der Waals surface area contributed by atoms with Crippen LogP contribution in [0.25, 0.3) is 5.82 Å². The average molecular weight is 353 g/mol.